The van der Waals surface area contributed by atoms with Crippen LogP contribution in [-0.4, -0.2) is 17.2 Å². The molecule has 0 fully saturated rings. The van der Waals surface area contributed by atoms with Crippen LogP contribution in [0.25, 0.3) is 0 Å². The van der Waals surface area contributed by atoms with Crippen molar-refractivity contribution in [3.05, 3.63) is 23.7 Å². The van der Waals surface area contributed by atoms with E-state index in [0.717, 1.165) is 5.13 Å². The van der Waals surface area contributed by atoms with Crippen LogP contribution in [0.3, 0.4) is 0 Å². The van der Waals surface area contributed by atoms with Gasteiger partial charge in [-0.1, -0.05) is 0 Å². The van der Waals surface area contributed by atoms with E-state index in [1.165, 1.54) is 17.4 Å². The molecular formula is C7H6N2O2S. The predicted molar refractivity (Wildman–Crippen MR) is 44.8 cm³/mol. The number of cyclic esters (lactones) is 1. The van der Waals surface area contributed by atoms with Gasteiger partial charge in [-0.2, -0.15) is 0 Å². The summed E-state index contributed by atoms with van der Waals surface area (Å²) in [6, 6.07) is 0. The SMILES string of the molecule is O=C1C=CC(Nc2nccs2)O1. The molecule has 1 N–H and O–H groups in total. The topological polar surface area (TPSA) is 51.2 Å². The summed E-state index contributed by atoms with van der Waals surface area (Å²) in [4.78, 5) is 14.6. The molecule has 1 unspecified atom stereocenters. The van der Waals surface area contributed by atoms with Gasteiger partial charge in [-0.25, -0.2) is 9.78 Å². The molecule has 1 aliphatic heterocycles. The molecule has 0 aliphatic carbocycles. The van der Waals surface area contributed by atoms with Gasteiger partial charge in [0.2, 0.25) is 0 Å². The van der Waals surface area contributed by atoms with Gasteiger partial charge in [0.05, 0.1) is 0 Å². The first-order chi connectivity index (χ1) is 5.84. The van der Waals surface area contributed by atoms with Gasteiger partial charge < -0.3 is 10.1 Å². The lowest BCUT2D eigenvalue weighted by atomic mass is 10.5. The third kappa shape index (κ3) is 1.45. The summed E-state index contributed by atoms with van der Waals surface area (Å²) < 4.78 is 4.84. The van der Waals surface area contributed by atoms with E-state index in [2.05, 4.69) is 10.3 Å². The zero-order valence-corrected chi connectivity index (χ0v) is 6.88. The number of carbonyl (C=O) groups is 1. The Morgan fingerprint density at radius 3 is 3.17 bits per heavy atom. The summed E-state index contributed by atoms with van der Waals surface area (Å²) in [5.74, 6) is -0.316. The Balaban J connectivity index is 1.97. The maximum atomic E-state index is 10.6. The molecule has 0 amide bonds. The van der Waals surface area contributed by atoms with Crippen LogP contribution in [0, 0.1) is 0 Å². The van der Waals surface area contributed by atoms with Crippen molar-refractivity contribution < 1.29 is 9.53 Å². The molecule has 1 aromatic heterocycles. The molecule has 1 aliphatic rings. The molecule has 0 aromatic carbocycles. The van der Waals surface area contributed by atoms with Crippen molar-refractivity contribution in [2.75, 3.05) is 5.32 Å². The largest absolute Gasteiger partial charge is 0.435 e. The lowest BCUT2D eigenvalue weighted by molar-refractivity contribution is -0.137. The second kappa shape index (κ2) is 2.94. The molecule has 2 rings (SSSR count). The summed E-state index contributed by atoms with van der Waals surface area (Å²) in [6.07, 6.45) is 4.38. The van der Waals surface area contributed by atoms with Crippen molar-refractivity contribution in [2.45, 2.75) is 6.23 Å². The fourth-order valence-electron chi connectivity index (χ4n) is 0.864. The van der Waals surface area contributed by atoms with Crippen LogP contribution >= 0.6 is 11.3 Å². The van der Waals surface area contributed by atoms with Gasteiger partial charge in [0, 0.05) is 17.7 Å². The van der Waals surface area contributed by atoms with E-state index in [1.54, 1.807) is 12.3 Å². The lowest BCUT2D eigenvalue weighted by Crippen LogP contribution is -2.18. The summed E-state index contributed by atoms with van der Waals surface area (Å²) in [6.45, 7) is 0. The third-order valence-corrected chi connectivity index (χ3v) is 2.05. The number of aromatic nitrogens is 1. The maximum Gasteiger partial charge on any atom is 0.332 e. The molecule has 5 heteroatoms. The van der Waals surface area contributed by atoms with Gasteiger partial charge >= 0.3 is 5.97 Å². The highest BCUT2D eigenvalue weighted by Crippen LogP contribution is 2.14. The number of rotatable bonds is 2. The Hall–Kier alpha value is -1.36. The summed E-state index contributed by atoms with van der Waals surface area (Å²) in [5, 5.41) is 5.53. The molecule has 0 bridgehead atoms. The highest BCUT2D eigenvalue weighted by Gasteiger charge is 2.16. The predicted octanol–water partition coefficient (Wildman–Crippen LogP) is 0.994. The first-order valence-corrected chi connectivity index (χ1v) is 4.27. The molecule has 62 valence electrons. The molecule has 0 saturated carbocycles. The molecule has 2 heterocycles. The molecular weight excluding hydrogens is 176 g/mol. The van der Waals surface area contributed by atoms with E-state index in [4.69, 9.17) is 4.74 Å². The molecule has 1 aromatic rings. The van der Waals surface area contributed by atoms with E-state index >= 15 is 0 Å². The summed E-state index contributed by atoms with van der Waals surface area (Å²) >= 11 is 1.46. The monoisotopic (exact) mass is 182 g/mol. The number of esters is 1. The highest BCUT2D eigenvalue weighted by molar-refractivity contribution is 7.13. The van der Waals surface area contributed by atoms with Crippen molar-refractivity contribution in [2.24, 2.45) is 0 Å². The van der Waals surface area contributed by atoms with Gasteiger partial charge in [0.15, 0.2) is 11.4 Å². The van der Waals surface area contributed by atoms with Gasteiger partial charge in [0.1, 0.15) is 0 Å². The Kier molecular flexibility index (Phi) is 1.79. The number of nitrogens with one attached hydrogen (secondary N) is 1. The number of nitrogens with zero attached hydrogens (tertiary/aromatic N) is 1. The van der Waals surface area contributed by atoms with Gasteiger partial charge in [-0.05, 0) is 6.08 Å². The van der Waals surface area contributed by atoms with E-state index < -0.39 is 0 Å². The van der Waals surface area contributed by atoms with Gasteiger partial charge in [-0.3, -0.25) is 0 Å². The van der Waals surface area contributed by atoms with Crippen molar-refractivity contribution in [3.63, 3.8) is 0 Å². The Labute approximate surface area is 72.9 Å². The first kappa shape index (κ1) is 7.30. The fourth-order valence-corrected chi connectivity index (χ4v) is 1.42. The molecule has 0 spiro atoms. The van der Waals surface area contributed by atoms with E-state index in [9.17, 15) is 4.79 Å². The normalized spacial score (nSPS) is 21.0. The van der Waals surface area contributed by atoms with Crippen LogP contribution in [0.15, 0.2) is 23.7 Å². The number of anilines is 1. The van der Waals surface area contributed by atoms with Crippen molar-refractivity contribution in [1.29, 1.82) is 0 Å². The minimum atomic E-state index is -0.358. The number of ether oxygens (including phenoxy) is 1. The average molecular weight is 182 g/mol. The zero-order valence-electron chi connectivity index (χ0n) is 6.06. The van der Waals surface area contributed by atoms with Crippen molar-refractivity contribution in [1.82, 2.24) is 4.98 Å². The highest BCUT2D eigenvalue weighted by atomic mass is 32.1. The molecule has 0 saturated heterocycles. The first-order valence-electron chi connectivity index (χ1n) is 3.39. The van der Waals surface area contributed by atoms with Gasteiger partial charge in [0.25, 0.3) is 0 Å². The second-order valence-electron chi connectivity index (χ2n) is 2.20. The van der Waals surface area contributed by atoms with Crippen LogP contribution in [0.1, 0.15) is 0 Å². The third-order valence-electron chi connectivity index (χ3n) is 1.35. The second-order valence-corrected chi connectivity index (χ2v) is 3.09. The average Bonchev–Trinajstić information content (AvgIpc) is 2.63. The number of carbonyl (C=O) groups excluding carboxylic acids is 1. The van der Waals surface area contributed by atoms with Gasteiger partial charge in [-0.15, -0.1) is 11.3 Å². The fraction of sp³-hybridized carbons (Fsp3) is 0.143. The Morgan fingerprint density at radius 2 is 2.58 bits per heavy atom. The summed E-state index contributed by atoms with van der Waals surface area (Å²) in [5.41, 5.74) is 0. The van der Waals surface area contributed by atoms with Crippen LogP contribution in [0.5, 0.6) is 0 Å². The van der Waals surface area contributed by atoms with Crippen LogP contribution < -0.4 is 5.32 Å². The lowest BCUT2D eigenvalue weighted by Gasteiger charge is -2.08. The molecule has 4 nitrogen and oxygen atoms in total. The molecule has 0 radical (unpaired) electrons. The van der Waals surface area contributed by atoms with Crippen molar-refractivity contribution >= 4 is 22.4 Å². The number of hydrogen-bond acceptors (Lipinski definition) is 5. The van der Waals surface area contributed by atoms with Crippen LogP contribution in [0.2, 0.25) is 0 Å². The number of hydrogen-bond donors (Lipinski definition) is 1. The zero-order chi connectivity index (χ0) is 8.39. The minimum Gasteiger partial charge on any atom is -0.435 e. The van der Waals surface area contributed by atoms with Crippen molar-refractivity contribution in [3.8, 4) is 0 Å². The Morgan fingerprint density at radius 1 is 1.67 bits per heavy atom. The van der Waals surface area contributed by atoms with E-state index in [-0.39, 0.29) is 12.2 Å². The molecule has 12 heavy (non-hydrogen) atoms. The van der Waals surface area contributed by atoms with E-state index in [0.29, 0.717) is 0 Å². The minimum absolute atomic E-state index is 0.316. The quantitative estimate of drug-likeness (QED) is 0.693. The van der Waals surface area contributed by atoms with Crippen LogP contribution in [-0.2, 0) is 9.53 Å². The van der Waals surface area contributed by atoms with E-state index in [1.807, 2.05) is 5.38 Å². The van der Waals surface area contributed by atoms with Crippen LogP contribution in [0.4, 0.5) is 5.13 Å². The smallest absolute Gasteiger partial charge is 0.332 e. The standard InChI is InChI=1S/C7H6N2O2S/c10-6-2-1-5(11-6)9-7-8-3-4-12-7/h1-5H,(H,8,9). The molecule has 1 atom stereocenters. The Bertz CT molecular complexity index is 307. The summed E-state index contributed by atoms with van der Waals surface area (Å²) in [7, 11) is 0. The maximum absolute atomic E-state index is 10.6. The number of thiazole rings is 1.